The summed E-state index contributed by atoms with van der Waals surface area (Å²) in [6.07, 6.45) is 22.8. The zero-order valence-corrected chi connectivity index (χ0v) is 19.7. The number of rotatable bonds is 20. The first kappa shape index (κ1) is 26.9. The second-order valence-corrected chi connectivity index (χ2v) is 9.78. The highest BCUT2D eigenvalue weighted by atomic mass is 32.2. The minimum absolute atomic E-state index is 0.124. The van der Waals surface area contributed by atoms with Crippen LogP contribution in [-0.4, -0.2) is 16.6 Å². The molecule has 160 valence electrons. The van der Waals surface area contributed by atoms with Crippen LogP contribution in [0.3, 0.4) is 0 Å². The van der Waals surface area contributed by atoms with Crippen molar-refractivity contribution in [3.8, 4) is 0 Å². The summed E-state index contributed by atoms with van der Waals surface area (Å²) < 4.78 is 0. The van der Waals surface area contributed by atoms with Gasteiger partial charge in [-0.2, -0.15) is 0 Å². The van der Waals surface area contributed by atoms with E-state index >= 15 is 0 Å². The Balaban J connectivity index is 3.41. The number of nitrogens with two attached hydrogens (primary N) is 1. The van der Waals surface area contributed by atoms with Gasteiger partial charge in [-0.25, -0.2) is 0 Å². The summed E-state index contributed by atoms with van der Waals surface area (Å²) in [5.41, 5.74) is 5.96. The van der Waals surface area contributed by atoms with Gasteiger partial charge in [0, 0.05) is 11.8 Å². The van der Waals surface area contributed by atoms with E-state index in [2.05, 4.69) is 13.8 Å². The Kier molecular flexibility index (Phi) is 22.1. The summed E-state index contributed by atoms with van der Waals surface area (Å²) in [6.45, 7) is 4.51. The van der Waals surface area contributed by atoms with Crippen LogP contribution in [0.1, 0.15) is 117 Å². The third-order valence-electron chi connectivity index (χ3n) is 4.77. The third kappa shape index (κ3) is 22.1. The Morgan fingerprint density at radius 2 is 1.00 bits per heavy atom. The first-order valence-corrected chi connectivity index (χ1v) is 13.4. The minimum atomic E-state index is 0.124. The zero-order chi connectivity index (χ0) is 20.0. The van der Waals surface area contributed by atoms with Crippen LogP contribution >= 0.6 is 23.5 Å². The van der Waals surface area contributed by atoms with Gasteiger partial charge in [-0.05, 0) is 18.6 Å². The van der Waals surface area contributed by atoms with E-state index in [1.807, 2.05) is 0 Å². The van der Waals surface area contributed by atoms with Crippen LogP contribution in [0.5, 0.6) is 0 Å². The van der Waals surface area contributed by atoms with E-state index < -0.39 is 0 Å². The summed E-state index contributed by atoms with van der Waals surface area (Å²) in [5, 5.41) is 0.808. The highest BCUT2D eigenvalue weighted by molar-refractivity contribution is 8.14. The Bertz CT molecular complexity index is 358. The lowest BCUT2D eigenvalue weighted by Crippen LogP contribution is -1.98. The fourth-order valence-electron chi connectivity index (χ4n) is 3.03. The summed E-state index contributed by atoms with van der Waals surface area (Å²) >= 11 is 3.06. The molecule has 4 heteroatoms. The molecule has 0 heterocycles. The second-order valence-electron chi connectivity index (χ2n) is 7.51. The Morgan fingerprint density at radius 3 is 1.44 bits per heavy atom. The standard InChI is InChI=1S/C23H45NOS2/c1-3-5-7-9-11-12-13-14-16-18-20-27-23(25)21-22(24)26-19-17-15-10-8-6-4-2/h21H,3-20,24H2,1-2H3. The molecule has 0 atom stereocenters. The molecule has 27 heavy (non-hydrogen) atoms. The lowest BCUT2D eigenvalue weighted by molar-refractivity contribution is -0.107. The highest BCUT2D eigenvalue weighted by Crippen LogP contribution is 2.17. The fourth-order valence-corrected chi connectivity index (χ4v) is 4.64. The van der Waals surface area contributed by atoms with E-state index in [0.717, 1.165) is 17.9 Å². The van der Waals surface area contributed by atoms with Crippen molar-refractivity contribution in [1.29, 1.82) is 0 Å². The van der Waals surface area contributed by atoms with E-state index in [1.165, 1.54) is 108 Å². The van der Waals surface area contributed by atoms with Crippen molar-refractivity contribution in [3.63, 3.8) is 0 Å². The number of unbranched alkanes of at least 4 members (excludes halogenated alkanes) is 14. The summed E-state index contributed by atoms with van der Waals surface area (Å²) in [6, 6.07) is 0. The van der Waals surface area contributed by atoms with E-state index in [1.54, 1.807) is 17.8 Å². The molecule has 0 radical (unpaired) electrons. The molecule has 0 bridgehead atoms. The summed E-state index contributed by atoms with van der Waals surface area (Å²) in [4.78, 5) is 11.9. The van der Waals surface area contributed by atoms with Gasteiger partial charge >= 0.3 is 0 Å². The van der Waals surface area contributed by atoms with E-state index in [9.17, 15) is 4.79 Å². The highest BCUT2D eigenvalue weighted by Gasteiger charge is 2.02. The van der Waals surface area contributed by atoms with Gasteiger partial charge in [0.05, 0.1) is 5.03 Å². The molecule has 0 aromatic rings. The molecule has 0 aromatic heterocycles. The lowest BCUT2D eigenvalue weighted by atomic mass is 10.1. The van der Waals surface area contributed by atoms with Crippen molar-refractivity contribution in [3.05, 3.63) is 11.1 Å². The van der Waals surface area contributed by atoms with Crippen LogP contribution in [0.4, 0.5) is 0 Å². The molecule has 0 aliphatic carbocycles. The van der Waals surface area contributed by atoms with Crippen molar-refractivity contribution in [1.82, 2.24) is 0 Å². The molecule has 0 aliphatic rings. The molecule has 0 fully saturated rings. The van der Waals surface area contributed by atoms with E-state index in [4.69, 9.17) is 5.73 Å². The lowest BCUT2D eigenvalue weighted by Gasteiger charge is -2.03. The second kappa shape index (κ2) is 22.2. The van der Waals surface area contributed by atoms with Crippen molar-refractivity contribution in [2.24, 2.45) is 5.73 Å². The molecule has 0 aromatic carbocycles. The maximum absolute atomic E-state index is 11.9. The van der Waals surface area contributed by atoms with Crippen LogP contribution in [0, 0.1) is 0 Å². The quantitative estimate of drug-likeness (QED) is 0.161. The molecule has 0 aliphatic heterocycles. The van der Waals surface area contributed by atoms with Gasteiger partial charge in [0.15, 0.2) is 0 Å². The SMILES string of the molecule is CCCCCCCCCCCCSC(=O)C=C(N)SCCCCCCCC. The molecule has 0 saturated heterocycles. The first-order chi connectivity index (χ1) is 13.2. The normalized spacial score (nSPS) is 11.9. The average Bonchev–Trinajstić information content (AvgIpc) is 2.65. The first-order valence-electron chi connectivity index (χ1n) is 11.5. The fraction of sp³-hybridized carbons (Fsp3) is 0.870. The van der Waals surface area contributed by atoms with Crippen LogP contribution in [0.15, 0.2) is 11.1 Å². The van der Waals surface area contributed by atoms with Crippen molar-refractivity contribution in [2.75, 3.05) is 11.5 Å². The molecule has 0 saturated carbocycles. The number of thioether (sulfide) groups is 2. The molecule has 0 rings (SSSR count). The largest absolute Gasteiger partial charge is 0.393 e. The predicted octanol–water partition coefficient (Wildman–Crippen LogP) is 8.06. The molecule has 0 unspecified atom stereocenters. The van der Waals surface area contributed by atoms with Gasteiger partial charge in [0.1, 0.15) is 0 Å². The topological polar surface area (TPSA) is 43.1 Å². The molecule has 0 amide bonds. The summed E-state index contributed by atoms with van der Waals surface area (Å²) in [7, 11) is 0. The van der Waals surface area contributed by atoms with E-state index in [0.29, 0.717) is 5.03 Å². The van der Waals surface area contributed by atoms with Gasteiger partial charge in [0.2, 0.25) is 5.12 Å². The van der Waals surface area contributed by atoms with Crippen LogP contribution in [0.2, 0.25) is 0 Å². The maximum Gasteiger partial charge on any atom is 0.214 e. The van der Waals surface area contributed by atoms with Gasteiger partial charge < -0.3 is 5.73 Å². The Labute approximate surface area is 178 Å². The van der Waals surface area contributed by atoms with Crippen molar-refractivity contribution >= 4 is 28.6 Å². The smallest absolute Gasteiger partial charge is 0.214 e. The van der Waals surface area contributed by atoms with Crippen LogP contribution < -0.4 is 5.73 Å². The Morgan fingerprint density at radius 1 is 0.630 bits per heavy atom. The van der Waals surface area contributed by atoms with Gasteiger partial charge in [0.25, 0.3) is 0 Å². The van der Waals surface area contributed by atoms with Crippen molar-refractivity contribution < 1.29 is 4.79 Å². The third-order valence-corrected chi connectivity index (χ3v) is 6.61. The molecule has 0 spiro atoms. The van der Waals surface area contributed by atoms with E-state index in [-0.39, 0.29) is 5.12 Å². The average molecular weight is 416 g/mol. The molecule has 2 N–H and O–H groups in total. The molecule has 2 nitrogen and oxygen atoms in total. The van der Waals surface area contributed by atoms with Gasteiger partial charge in [-0.1, -0.05) is 116 Å². The van der Waals surface area contributed by atoms with Gasteiger partial charge in [-0.15, -0.1) is 11.8 Å². The monoisotopic (exact) mass is 415 g/mol. The molecular formula is C23H45NOS2. The predicted molar refractivity (Wildman–Crippen MR) is 127 cm³/mol. The minimum Gasteiger partial charge on any atom is -0.393 e. The zero-order valence-electron chi connectivity index (χ0n) is 18.1. The number of hydrogen-bond acceptors (Lipinski definition) is 4. The summed E-state index contributed by atoms with van der Waals surface area (Å²) in [5.74, 6) is 1.96. The van der Waals surface area contributed by atoms with Crippen molar-refractivity contribution in [2.45, 2.75) is 117 Å². The number of carbonyl (C=O) groups is 1. The number of hydrogen-bond donors (Lipinski definition) is 1. The Hall–Kier alpha value is -0.0900. The van der Waals surface area contributed by atoms with Gasteiger partial charge in [-0.3, -0.25) is 4.79 Å². The van der Waals surface area contributed by atoms with Crippen LogP contribution in [0.25, 0.3) is 0 Å². The molecular weight excluding hydrogens is 370 g/mol. The van der Waals surface area contributed by atoms with Crippen LogP contribution in [-0.2, 0) is 4.79 Å². The maximum atomic E-state index is 11.9. The number of carbonyl (C=O) groups excluding carboxylic acids is 1.